The highest BCUT2D eigenvalue weighted by Gasteiger charge is 2.04. The molecule has 0 saturated carbocycles. The lowest BCUT2D eigenvalue weighted by Crippen LogP contribution is -2.29. The van der Waals surface area contributed by atoms with Crippen molar-refractivity contribution < 1.29 is 4.12 Å². The highest BCUT2D eigenvalue weighted by Crippen LogP contribution is 1.99. The highest BCUT2D eigenvalue weighted by atomic mass is 28.3. The second-order valence-corrected chi connectivity index (χ2v) is 6.59. The molecule has 0 fully saturated rings. The van der Waals surface area contributed by atoms with Crippen LogP contribution < -0.4 is 5.19 Å². The molecule has 1 rings (SSSR count). The van der Waals surface area contributed by atoms with Crippen LogP contribution in [0, 0.1) is 0 Å². The molecule has 0 radical (unpaired) electrons. The fourth-order valence-electron chi connectivity index (χ4n) is 1.07. The Balaban J connectivity index is 2.93. The SMILES string of the molecule is C=Cc1cccc([SiH](C)O[SiH3])c1. The second-order valence-electron chi connectivity index (χ2n) is 2.75. The van der Waals surface area contributed by atoms with E-state index in [1.165, 1.54) is 10.8 Å². The van der Waals surface area contributed by atoms with Gasteiger partial charge in [-0.05, 0) is 17.3 Å². The van der Waals surface area contributed by atoms with Gasteiger partial charge in [-0.15, -0.1) is 0 Å². The molecule has 64 valence electrons. The molecule has 0 saturated heterocycles. The topological polar surface area (TPSA) is 9.23 Å². The highest BCUT2D eigenvalue weighted by molar-refractivity contribution is 6.68. The van der Waals surface area contributed by atoms with Gasteiger partial charge in [0.05, 0.1) is 0 Å². The van der Waals surface area contributed by atoms with E-state index in [9.17, 15) is 0 Å². The monoisotopic (exact) mass is 194 g/mol. The molecule has 12 heavy (non-hydrogen) atoms. The summed E-state index contributed by atoms with van der Waals surface area (Å²) in [5.74, 6) is 0. The number of benzene rings is 1. The Hall–Kier alpha value is -0.646. The lowest BCUT2D eigenvalue weighted by Gasteiger charge is -2.08. The van der Waals surface area contributed by atoms with Crippen molar-refractivity contribution in [1.82, 2.24) is 0 Å². The van der Waals surface area contributed by atoms with Crippen molar-refractivity contribution in [3.8, 4) is 0 Å². The van der Waals surface area contributed by atoms with Crippen LogP contribution in [0.5, 0.6) is 0 Å². The molecule has 1 aromatic carbocycles. The first-order chi connectivity index (χ1) is 5.77. The normalized spacial score (nSPS) is 12.8. The minimum atomic E-state index is -1.07. The van der Waals surface area contributed by atoms with E-state index in [4.69, 9.17) is 4.12 Å². The van der Waals surface area contributed by atoms with Crippen molar-refractivity contribution in [2.75, 3.05) is 0 Å². The smallest absolute Gasteiger partial charge is 0.191 e. The van der Waals surface area contributed by atoms with Gasteiger partial charge in [-0.3, -0.25) is 0 Å². The maximum absolute atomic E-state index is 5.48. The lowest BCUT2D eigenvalue weighted by molar-refractivity contribution is 0.654. The first-order valence-corrected chi connectivity index (χ1v) is 7.05. The van der Waals surface area contributed by atoms with Gasteiger partial charge in [-0.25, -0.2) is 0 Å². The molecule has 0 spiro atoms. The quantitative estimate of drug-likeness (QED) is 0.624. The predicted octanol–water partition coefficient (Wildman–Crippen LogP) is 0.187. The van der Waals surface area contributed by atoms with E-state index >= 15 is 0 Å². The van der Waals surface area contributed by atoms with Gasteiger partial charge >= 0.3 is 0 Å². The molecule has 0 heterocycles. The van der Waals surface area contributed by atoms with Gasteiger partial charge in [-0.1, -0.05) is 36.9 Å². The average Bonchev–Trinajstić information content (AvgIpc) is 2.17. The molecule has 0 bridgehead atoms. The fraction of sp³-hybridized carbons (Fsp3) is 0.111. The summed E-state index contributed by atoms with van der Waals surface area (Å²) in [7, 11) is -0.225. The summed E-state index contributed by atoms with van der Waals surface area (Å²) in [5, 5.41) is 1.36. The van der Waals surface area contributed by atoms with Gasteiger partial charge in [-0.2, -0.15) is 0 Å². The van der Waals surface area contributed by atoms with Crippen LogP contribution in [0.1, 0.15) is 5.56 Å². The summed E-state index contributed by atoms with van der Waals surface area (Å²) in [4.78, 5) is 0. The number of rotatable bonds is 3. The molecule has 1 atom stereocenters. The maximum Gasteiger partial charge on any atom is 0.191 e. The van der Waals surface area contributed by atoms with Crippen LogP contribution in [0.4, 0.5) is 0 Å². The maximum atomic E-state index is 5.48. The third-order valence-electron chi connectivity index (χ3n) is 1.97. The predicted molar refractivity (Wildman–Crippen MR) is 60.2 cm³/mol. The van der Waals surface area contributed by atoms with E-state index in [0.29, 0.717) is 0 Å². The van der Waals surface area contributed by atoms with Crippen LogP contribution >= 0.6 is 0 Å². The van der Waals surface area contributed by atoms with Crippen LogP contribution in [-0.4, -0.2) is 19.5 Å². The third kappa shape index (κ3) is 2.17. The van der Waals surface area contributed by atoms with Gasteiger partial charge in [0.1, 0.15) is 10.5 Å². The minimum Gasteiger partial charge on any atom is -0.463 e. The van der Waals surface area contributed by atoms with Crippen LogP contribution in [0.3, 0.4) is 0 Å². The largest absolute Gasteiger partial charge is 0.463 e. The van der Waals surface area contributed by atoms with Crippen molar-refractivity contribution in [3.63, 3.8) is 0 Å². The van der Waals surface area contributed by atoms with Crippen molar-refractivity contribution >= 4 is 30.8 Å². The summed E-state index contributed by atoms with van der Waals surface area (Å²) in [5.41, 5.74) is 1.19. The summed E-state index contributed by atoms with van der Waals surface area (Å²) in [6.07, 6.45) is 1.87. The summed E-state index contributed by atoms with van der Waals surface area (Å²) >= 11 is 0. The Labute approximate surface area is 78.3 Å². The lowest BCUT2D eigenvalue weighted by atomic mass is 10.2. The van der Waals surface area contributed by atoms with Gasteiger partial charge in [0.25, 0.3) is 0 Å². The first-order valence-electron chi connectivity index (χ1n) is 4.03. The van der Waals surface area contributed by atoms with Crippen LogP contribution in [0.25, 0.3) is 6.08 Å². The second kappa shape index (κ2) is 4.40. The third-order valence-corrected chi connectivity index (χ3v) is 6.10. The molecule has 1 aromatic rings. The Morgan fingerprint density at radius 1 is 1.58 bits per heavy atom. The van der Waals surface area contributed by atoms with Crippen LogP contribution in [0.2, 0.25) is 6.55 Å². The van der Waals surface area contributed by atoms with Crippen LogP contribution in [-0.2, 0) is 4.12 Å². The number of hydrogen-bond donors (Lipinski definition) is 0. The Bertz CT molecular complexity index is 273. The Kier molecular flexibility index (Phi) is 3.46. The molecule has 0 aromatic heterocycles. The molecule has 3 heteroatoms. The van der Waals surface area contributed by atoms with Crippen molar-refractivity contribution in [1.29, 1.82) is 0 Å². The van der Waals surface area contributed by atoms with Crippen LogP contribution in [0.15, 0.2) is 30.8 Å². The molecular weight excluding hydrogens is 180 g/mol. The molecule has 0 N–H and O–H groups in total. The standard InChI is InChI=1S/C9H14OSi2/c1-3-8-5-4-6-9(7-8)12(2)10-11/h3-7,12H,1H2,2,11H3. The van der Waals surface area contributed by atoms with E-state index in [0.717, 1.165) is 10.5 Å². The van der Waals surface area contributed by atoms with Gasteiger partial charge in [0.15, 0.2) is 9.04 Å². The fourth-order valence-corrected chi connectivity index (χ4v) is 2.97. The van der Waals surface area contributed by atoms with E-state index in [-0.39, 0.29) is 0 Å². The molecule has 0 aliphatic heterocycles. The zero-order valence-corrected chi connectivity index (χ0v) is 10.7. The van der Waals surface area contributed by atoms with Gasteiger partial charge in [0, 0.05) is 0 Å². The zero-order valence-electron chi connectivity index (χ0n) is 7.58. The van der Waals surface area contributed by atoms with Crippen molar-refractivity contribution in [2.24, 2.45) is 0 Å². The molecule has 0 aliphatic rings. The Morgan fingerprint density at radius 3 is 2.92 bits per heavy atom. The minimum absolute atomic E-state index is 0.843. The Morgan fingerprint density at radius 2 is 2.33 bits per heavy atom. The number of hydrogen-bond acceptors (Lipinski definition) is 1. The van der Waals surface area contributed by atoms with Crippen molar-refractivity contribution in [3.05, 3.63) is 36.4 Å². The first kappa shape index (κ1) is 9.44. The summed E-state index contributed by atoms with van der Waals surface area (Å²) in [6.45, 7) is 5.94. The van der Waals surface area contributed by atoms with E-state index in [2.05, 4.69) is 37.4 Å². The zero-order chi connectivity index (χ0) is 8.97. The van der Waals surface area contributed by atoms with Gasteiger partial charge < -0.3 is 4.12 Å². The van der Waals surface area contributed by atoms with Gasteiger partial charge in [0.2, 0.25) is 0 Å². The summed E-state index contributed by atoms with van der Waals surface area (Å²) < 4.78 is 5.48. The van der Waals surface area contributed by atoms with E-state index in [1.807, 2.05) is 6.08 Å². The molecule has 1 unspecified atom stereocenters. The summed E-state index contributed by atoms with van der Waals surface area (Å²) in [6, 6.07) is 8.44. The van der Waals surface area contributed by atoms with Crippen molar-refractivity contribution in [2.45, 2.75) is 6.55 Å². The van der Waals surface area contributed by atoms with E-state index in [1.54, 1.807) is 0 Å². The molecule has 0 amide bonds. The molecule has 0 aliphatic carbocycles. The van der Waals surface area contributed by atoms with E-state index < -0.39 is 9.04 Å². The average molecular weight is 194 g/mol. The molecule has 1 nitrogen and oxygen atoms in total. The molecular formula is C9H14OSi2.